The van der Waals surface area contributed by atoms with Crippen LogP contribution in [0.1, 0.15) is 32.5 Å². The van der Waals surface area contributed by atoms with E-state index in [1.165, 1.54) is 22.5 Å². The standard InChI is InChI=1S/C24H27N3O3S/c1-17-4-2-5-18(14-17)15-26-8-13-30-20(16-26)21-19-6-3-7-25-23(19)31-22(21)24(28)27-9-11-29-12-10-27/h2-7,14,20H,8-13,15-16H2,1H3/t20-/m0/s1. The van der Waals surface area contributed by atoms with Gasteiger partial charge in [-0.15, -0.1) is 11.3 Å². The number of pyridine rings is 1. The summed E-state index contributed by atoms with van der Waals surface area (Å²) in [5.41, 5.74) is 3.58. The molecule has 2 aromatic heterocycles. The van der Waals surface area contributed by atoms with Gasteiger partial charge >= 0.3 is 0 Å². The second-order valence-corrected chi connectivity index (χ2v) is 9.19. The van der Waals surface area contributed by atoms with Gasteiger partial charge in [0.2, 0.25) is 0 Å². The highest BCUT2D eigenvalue weighted by Crippen LogP contribution is 2.38. The van der Waals surface area contributed by atoms with E-state index in [2.05, 4.69) is 47.1 Å². The third-order valence-electron chi connectivity index (χ3n) is 5.96. The number of thiophene rings is 1. The fourth-order valence-electron chi connectivity index (χ4n) is 4.43. The Bertz CT molecular complexity index is 1080. The molecule has 0 spiro atoms. The van der Waals surface area contributed by atoms with E-state index in [0.717, 1.165) is 40.3 Å². The second kappa shape index (κ2) is 9.04. The average molecular weight is 438 g/mol. The summed E-state index contributed by atoms with van der Waals surface area (Å²) < 4.78 is 11.7. The van der Waals surface area contributed by atoms with Crippen LogP contribution >= 0.6 is 11.3 Å². The van der Waals surface area contributed by atoms with E-state index >= 15 is 0 Å². The zero-order valence-electron chi connectivity index (χ0n) is 17.8. The molecule has 0 unspecified atom stereocenters. The van der Waals surface area contributed by atoms with Crippen molar-refractivity contribution in [1.29, 1.82) is 0 Å². The smallest absolute Gasteiger partial charge is 0.264 e. The molecule has 31 heavy (non-hydrogen) atoms. The van der Waals surface area contributed by atoms with Crippen molar-refractivity contribution in [3.8, 4) is 0 Å². The third-order valence-corrected chi connectivity index (χ3v) is 7.08. The molecular weight excluding hydrogens is 410 g/mol. The number of morpholine rings is 2. The molecule has 0 saturated carbocycles. The Morgan fingerprint density at radius 3 is 2.87 bits per heavy atom. The first-order chi connectivity index (χ1) is 15.2. The zero-order chi connectivity index (χ0) is 21.2. The molecule has 1 atom stereocenters. The number of aromatic nitrogens is 1. The first-order valence-corrected chi connectivity index (χ1v) is 11.6. The van der Waals surface area contributed by atoms with E-state index in [0.29, 0.717) is 32.9 Å². The molecule has 0 aliphatic carbocycles. The molecular formula is C24H27N3O3S. The molecule has 1 amide bonds. The highest BCUT2D eigenvalue weighted by molar-refractivity contribution is 7.20. The summed E-state index contributed by atoms with van der Waals surface area (Å²) in [5.74, 6) is 0.0701. The van der Waals surface area contributed by atoms with E-state index in [9.17, 15) is 4.79 Å². The molecule has 6 nitrogen and oxygen atoms in total. The lowest BCUT2D eigenvalue weighted by Gasteiger charge is -2.34. The number of hydrogen-bond acceptors (Lipinski definition) is 6. The number of rotatable bonds is 4. The van der Waals surface area contributed by atoms with Crippen LogP contribution in [0.15, 0.2) is 42.6 Å². The van der Waals surface area contributed by atoms with E-state index < -0.39 is 0 Å². The van der Waals surface area contributed by atoms with Gasteiger partial charge in [-0.05, 0) is 18.6 Å². The van der Waals surface area contributed by atoms with Crippen molar-refractivity contribution in [2.45, 2.75) is 19.6 Å². The molecule has 2 aliphatic heterocycles. The maximum atomic E-state index is 13.4. The maximum absolute atomic E-state index is 13.4. The molecule has 4 heterocycles. The lowest BCUT2D eigenvalue weighted by Crippen LogP contribution is -2.41. The minimum absolute atomic E-state index is 0.0701. The Morgan fingerprint density at radius 1 is 1.16 bits per heavy atom. The molecule has 7 heteroatoms. The summed E-state index contributed by atoms with van der Waals surface area (Å²) in [6.45, 7) is 7.75. The van der Waals surface area contributed by atoms with Gasteiger partial charge in [-0.2, -0.15) is 0 Å². The Morgan fingerprint density at radius 2 is 2.03 bits per heavy atom. The SMILES string of the molecule is Cc1cccc(CN2CCO[C@H](c3c(C(=O)N4CCOCC4)sc4ncccc34)C2)c1. The van der Waals surface area contributed by atoms with Crippen molar-refractivity contribution in [2.75, 3.05) is 46.0 Å². The van der Waals surface area contributed by atoms with Gasteiger partial charge in [0.15, 0.2) is 0 Å². The Balaban J connectivity index is 1.44. The molecule has 0 radical (unpaired) electrons. The van der Waals surface area contributed by atoms with Crippen molar-refractivity contribution < 1.29 is 14.3 Å². The van der Waals surface area contributed by atoms with Crippen molar-refractivity contribution in [3.05, 3.63) is 64.2 Å². The number of ether oxygens (including phenoxy) is 2. The highest BCUT2D eigenvalue weighted by atomic mass is 32.1. The lowest BCUT2D eigenvalue weighted by atomic mass is 10.0. The number of carbonyl (C=O) groups is 1. The van der Waals surface area contributed by atoms with Gasteiger partial charge in [0.1, 0.15) is 9.71 Å². The molecule has 1 aromatic carbocycles. The Kier molecular flexibility index (Phi) is 6.00. The number of hydrogen-bond donors (Lipinski definition) is 0. The lowest BCUT2D eigenvalue weighted by molar-refractivity contribution is -0.0325. The first-order valence-electron chi connectivity index (χ1n) is 10.8. The summed E-state index contributed by atoms with van der Waals surface area (Å²) in [5, 5.41) is 1.03. The number of carbonyl (C=O) groups excluding carboxylic acids is 1. The fraction of sp³-hybridized carbons (Fsp3) is 0.417. The van der Waals surface area contributed by atoms with Crippen LogP contribution in [0.2, 0.25) is 0 Å². The molecule has 0 bridgehead atoms. The van der Waals surface area contributed by atoms with Gasteiger partial charge in [-0.3, -0.25) is 9.69 Å². The minimum atomic E-state index is -0.142. The molecule has 2 aliphatic rings. The number of amides is 1. The van der Waals surface area contributed by atoms with E-state index in [-0.39, 0.29) is 12.0 Å². The molecule has 5 rings (SSSR count). The van der Waals surface area contributed by atoms with Crippen LogP contribution in [0.4, 0.5) is 0 Å². The van der Waals surface area contributed by atoms with Gasteiger partial charge in [0, 0.05) is 49.9 Å². The number of benzene rings is 1. The van der Waals surface area contributed by atoms with Crippen molar-refractivity contribution >= 4 is 27.5 Å². The molecule has 2 saturated heterocycles. The third kappa shape index (κ3) is 4.36. The second-order valence-electron chi connectivity index (χ2n) is 8.19. The van der Waals surface area contributed by atoms with Gasteiger partial charge in [-0.25, -0.2) is 4.98 Å². The summed E-state index contributed by atoms with van der Waals surface area (Å²) >= 11 is 1.48. The average Bonchev–Trinajstić information content (AvgIpc) is 3.19. The normalized spacial score (nSPS) is 20.3. The predicted molar refractivity (Wildman–Crippen MR) is 121 cm³/mol. The van der Waals surface area contributed by atoms with Gasteiger partial charge in [0.05, 0.1) is 25.9 Å². The largest absolute Gasteiger partial charge is 0.378 e. The quantitative estimate of drug-likeness (QED) is 0.624. The zero-order valence-corrected chi connectivity index (χ0v) is 18.6. The first kappa shape index (κ1) is 20.6. The molecule has 0 N–H and O–H groups in total. The number of nitrogens with zero attached hydrogens (tertiary/aromatic N) is 3. The fourth-order valence-corrected chi connectivity index (χ4v) is 5.59. The van der Waals surface area contributed by atoms with Crippen LogP contribution in [0, 0.1) is 6.92 Å². The summed E-state index contributed by atoms with van der Waals surface area (Å²) in [6, 6.07) is 12.7. The van der Waals surface area contributed by atoms with E-state index in [1.54, 1.807) is 6.20 Å². The Labute approximate surface area is 186 Å². The Hall–Kier alpha value is -2.32. The van der Waals surface area contributed by atoms with E-state index in [1.807, 2.05) is 11.0 Å². The van der Waals surface area contributed by atoms with Crippen molar-refractivity contribution in [1.82, 2.24) is 14.8 Å². The summed E-state index contributed by atoms with van der Waals surface area (Å²) in [6.07, 6.45) is 1.65. The van der Waals surface area contributed by atoms with Crippen LogP contribution in [0.3, 0.4) is 0 Å². The predicted octanol–water partition coefficient (Wildman–Crippen LogP) is 3.65. The van der Waals surface area contributed by atoms with E-state index in [4.69, 9.17) is 9.47 Å². The van der Waals surface area contributed by atoms with Crippen LogP contribution in [0.5, 0.6) is 0 Å². The number of aryl methyl sites for hydroxylation is 1. The monoisotopic (exact) mass is 437 g/mol. The molecule has 2 fully saturated rings. The highest BCUT2D eigenvalue weighted by Gasteiger charge is 2.32. The van der Waals surface area contributed by atoms with Crippen LogP contribution in [-0.2, 0) is 16.0 Å². The molecule has 162 valence electrons. The maximum Gasteiger partial charge on any atom is 0.264 e. The van der Waals surface area contributed by atoms with Gasteiger partial charge < -0.3 is 14.4 Å². The van der Waals surface area contributed by atoms with Gasteiger partial charge in [0.25, 0.3) is 5.91 Å². The summed E-state index contributed by atoms with van der Waals surface area (Å²) in [4.78, 5) is 23.9. The van der Waals surface area contributed by atoms with Crippen molar-refractivity contribution in [2.24, 2.45) is 0 Å². The van der Waals surface area contributed by atoms with Crippen LogP contribution in [-0.4, -0.2) is 66.7 Å². The van der Waals surface area contributed by atoms with Crippen LogP contribution < -0.4 is 0 Å². The number of fused-ring (bicyclic) bond motifs is 1. The van der Waals surface area contributed by atoms with Gasteiger partial charge in [-0.1, -0.05) is 35.9 Å². The summed E-state index contributed by atoms with van der Waals surface area (Å²) in [7, 11) is 0. The topological polar surface area (TPSA) is 54.9 Å². The minimum Gasteiger partial charge on any atom is -0.378 e. The van der Waals surface area contributed by atoms with Crippen molar-refractivity contribution in [3.63, 3.8) is 0 Å². The van der Waals surface area contributed by atoms with Crippen LogP contribution in [0.25, 0.3) is 10.2 Å². The molecule has 3 aromatic rings.